The maximum atomic E-state index is 4.76. The van der Waals surface area contributed by atoms with Crippen LogP contribution in [0.15, 0.2) is 23.2 Å². The van der Waals surface area contributed by atoms with Gasteiger partial charge in [0.1, 0.15) is 0 Å². The molecule has 1 fully saturated rings. The van der Waals surface area contributed by atoms with Crippen molar-refractivity contribution in [2.45, 2.75) is 46.6 Å². The minimum atomic E-state index is 0. The Bertz CT molecular complexity index is 536. The van der Waals surface area contributed by atoms with Gasteiger partial charge in [-0.3, -0.25) is 0 Å². The summed E-state index contributed by atoms with van der Waals surface area (Å²) in [6.45, 7) is 11.5. The smallest absolute Gasteiger partial charge is 0.191 e. The third kappa shape index (κ3) is 7.94. The molecule has 4 nitrogen and oxygen atoms in total. The van der Waals surface area contributed by atoms with Crippen molar-refractivity contribution < 1.29 is 0 Å². The molecule has 0 spiro atoms. The van der Waals surface area contributed by atoms with E-state index in [1.807, 2.05) is 0 Å². The van der Waals surface area contributed by atoms with Crippen LogP contribution in [0, 0.1) is 19.8 Å². The number of nitrogens with one attached hydrogen (secondary N) is 2. The van der Waals surface area contributed by atoms with Gasteiger partial charge >= 0.3 is 0 Å². The van der Waals surface area contributed by atoms with Crippen LogP contribution in [0.5, 0.6) is 0 Å². The summed E-state index contributed by atoms with van der Waals surface area (Å²) in [6, 6.07) is 6.58. The first kappa shape index (κ1) is 22.2. The zero-order valence-corrected chi connectivity index (χ0v) is 18.6. The van der Waals surface area contributed by atoms with Crippen molar-refractivity contribution in [3.8, 4) is 0 Å². The maximum absolute atomic E-state index is 4.76. The number of benzene rings is 1. The fourth-order valence-corrected chi connectivity index (χ4v) is 3.27. The second-order valence-electron chi connectivity index (χ2n) is 7.09. The Kier molecular flexibility index (Phi) is 10.4. The molecule has 0 bridgehead atoms. The third-order valence-corrected chi connectivity index (χ3v) is 4.93. The topological polar surface area (TPSA) is 39.7 Å². The molecule has 2 N–H and O–H groups in total. The number of piperidine rings is 1. The second-order valence-corrected chi connectivity index (χ2v) is 7.09. The summed E-state index contributed by atoms with van der Waals surface area (Å²) >= 11 is 0. The molecular weight excluding hydrogens is 423 g/mol. The highest BCUT2D eigenvalue weighted by molar-refractivity contribution is 14.0. The third-order valence-electron chi connectivity index (χ3n) is 4.93. The standard InChI is InChI=1S/C20H34N4.HI/c1-5-21-20(22-11-8-18-9-12-24(4)13-10-18)23-15-19-7-6-16(2)14-17(19)3;/h6-7,14,18H,5,8-13,15H2,1-4H3,(H2,21,22,23);1H. The van der Waals surface area contributed by atoms with Gasteiger partial charge in [0.25, 0.3) is 0 Å². The van der Waals surface area contributed by atoms with Gasteiger partial charge in [-0.1, -0.05) is 23.8 Å². The first-order valence-corrected chi connectivity index (χ1v) is 9.35. The van der Waals surface area contributed by atoms with Crippen molar-refractivity contribution in [1.82, 2.24) is 15.5 Å². The zero-order valence-electron chi connectivity index (χ0n) is 16.3. The van der Waals surface area contributed by atoms with E-state index in [0.717, 1.165) is 31.5 Å². The summed E-state index contributed by atoms with van der Waals surface area (Å²) in [7, 11) is 2.22. The predicted octanol–water partition coefficient (Wildman–Crippen LogP) is 3.71. The lowest BCUT2D eigenvalue weighted by Crippen LogP contribution is -2.39. The quantitative estimate of drug-likeness (QED) is 0.388. The Morgan fingerprint density at radius 2 is 1.92 bits per heavy atom. The van der Waals surface area contributed by atoms with Gasteiger partial charge in [-0.2, -0.15) is 0 Å². The fourth-order valence-electron chi connectivity index (χ4n) is 3.27. The number of likely N-dealkylation sites (tertiary alicyclic amines) is 1. The van der Waals surface area contributed by atoms with Crippen LogP contribution in [0.1, 0.15) is 42.9 Å². The fraction of sp³-hybridized carbons (Fsp3) is 0.650. The molecule has 1 aliphatic rings. The summed E-state index contributed by atoms with van der Waals surface area (Å²) in [4.78, 5) is 7.19. The molecule has 0 amide bonds. The summed E-state index contributed by atoms with van der Waals surface area (Å²) in [5.74, 6) is 1.79. The molecule has 0 saturated carbocycles. The van der Waals surface area contributed by atoms with Crippen LogP contribution < -0.4 is 10.6 Å². The first-order valence-electron chi connectivity index (χ1n) is 9.35. The molecule has 1 aliphatic heterocycles. The Labute approximate surface area is 170 Å². The van der Waals surface area contributed by atoms with E-state index < -0.39 is 0 Å². The molecule has 1 saturated heterocycles. The van der Waals surface area contributed by atoms with Crippen LogP contribution in [0.3, 0.4) is 0 Å². The maximum Gasteiger partial charge on any atom is 0.191 e. The van der Waals surface area contributed by atoms with Crippen molar-refractivity contribution in [3.63, 3.8) is 0 Å². The average molecular weight is 458 g/mol. The van der Waals surface area contributed by atoms with E-state index in [0.29, 0.717) is 0 Å². The van der Waals surface area contributed by atoms with Gasteiger partial charge in [-0.15, -0.1) is 24.0 Å². The molecular formula is C20H35IN4. The minimum Gasteiger partial charge on any atom is -0.357 e. The first-order chi connectivity index (χ1) is 11.6. The van der Waals surface area contributed by atoms with Gasteiger partial charge in [0.05, 0.1) is 6.54 Å². The molecule has 1 heterocycles. The van der Waals surface area contributed by atoms with E-state index in [-0.39, 0.29) is 24.0 Å². The Balaban J connectivity index is 0.00000312. The Hall–Kier alpha value is -0.820. The normalized spacial score (nSPS) is 16.4. The number of aryl methyl sites for hydroxylation is 2. The molecule has 142 valence electrons. The summed E-state index contributed by atoms with van der Waals surface area (Å²) in [5.41, 5.74) is 3.93. The Morgan fingerprint density at radius 1 is 1.20 bits per heavy atom. The van der Waals surface area contributed by atoms with Crippen LogP contribution in [0.4, 0.5) is 0 Å². The monoisotopic (exact) mass is 458 g/mol. The lowest BCUT2D eigenvalue weighted by Gasteiger charge is -2.29. The highest BCUT2D eigenvalue weighted by atomic mass is 127. The van der Waals surface area contributed by atoms with Crippen LogP contribution >= 0.6 is 24.0 Å². The van der Waals surface area contributed by atoms with E-state index in [9.17, 15) is 0 Å². The molecule has 0 aliphatic carbocycles. The van der Waals surface area contributed by atoms with E-state index in [1.165, 1.54) is 49.0 Å². The molecule has 5 heteroatoms. The minimum absolute atomic E-state index is 0. The Morgan fingerprint density at radius 3 is 2.56 bits per heavy atom. The van der Waals surface area contributed by atoms with Crippen LogP contribution in [-0.4, -0.2) is 44.1 Å². The SMILES string of the molecule is CCNC(=NCc1ccc(C)cc1C)NCCC1CCN(C)CC1.I. The number of hydrogen-bond donors (Lipinski definition) is 2. The van der Waals surface area contributed by atoms with Crippen LogP contribution in [-0.2, 0) is 6.54 Å². The van der Waals surface area contributed by atoms with Crippen molar-refractivity contribution >= 4 is 29.9 Å². The average Bonchev–Trinajstić information content (AvgIpc) is 2.55. The van der Waals surface area contributed by atoms with Gasteiger partial charge in [-0.05, 0) is 77.2 Å². The van der Waals surface area contributed by atoms with E-state index in [1.54, 1.807) is 0 Å². The highest BCUT2D eigenvalue weighted by Gasteiger charge is 2.16. The van der Waals surface area contributed by atoms with Gasteiger partial charge in [0, 0.05) is 13.1 Å². The van der Waals surface area contributed by atoms with Crippen LogP contribution in [0.25, 0.3) is 0 Å². The van der Waals surface area contributed by atoms with Crippen molar-refractivity contribution in [3.05, 3.63) is 34.9 Å². The van der Waals surface area contributed by atoms with E-state index in [4.69, 9.17) is 4.99 Å². The molecule has 2 rings (SSSR count). The predicted molar refractivity (Wildman–Crippen MR) is 119 cm³/mol. The largest absolute Gasteiger partial charge is 0.357 e. The van der Waals surface area contributed by atoms with Crippen LogP contribution in [0.2, 0.25) is 0 Å². The van der Waals surface area contributed by atoms with E-state index in [2.05, 4.69) is 61.6 Å². The van der Waals surface area contributed by atoms with Gasteiger partial charge < -0.3 is 15.5 Å². The molecule has 25 heavy (non-hydrogen) atoms. The van der Waals surface area contributed by atoms with Gasteiger partial charge in [0.15, 0.2) is 5.96 Å². The summed E-state index contributed by atoms with van der Waals surface area (Å²) in [5, 5.41) is 6.86. The number of hydrogen-bond acceptors (Lipinski definition) is 2. The molecule has 1 aromatic carbocycles. The number of guanidine groups is 1. The lowest BCUT2D eigenvalue weighted by molar-refractivity contribution is 0.213. The molecule has 1 aromatic rings. The zero-order chi connectivity index (χ0) is 17.4. The summed E-state index contributed by atoms with van der Waals surface area (Å²) < 4.78 is 0. The number of halogens is 1. The van der Waals surface area contributed by atoms with Crippen molar-refractivity contribution in [1.29, 1.82) is 0 Å². The van der Waals surface area contributed by atoms with E-state index >= 15 is 0 Å². The molecule has 0 unspecified atom stereocenters. The second kappa shape index (κ2) is 11.7. The van der Waals surface area contributed by atoms with Crippen molar-refractivity contribution in [2.75, 3.05) is 33.2 Å². The van der Waals surface area contributed by atoms with Crippen molar-refractivity contribution in [2.24, 2.45) is 10.9 Å². The molecule has 0 aromatic heterocycles. The van der Waals surface area contributed by atoms with Gasteiger partial charge in [-0.25, -0.2) is 4.99 Å². The lowest BCUT2D eigenvalue weighted by atomic mass is 9.94. The number of rotatable bonds is 6. The number of nitrogens with zero attached hydrogens (tertiary/aromatic N) is 2. The molecule has 0 atom stereocenters. The highest BCUT2D eigenvalue weighted by Crippen LogP contribution is 2.18. The van der Waals surface area contributed by atoms with Gasteiger partial charge in [0.2, 0.25) is 0 Å². The molecule has 0 radical (unpaired) electrons. The number of aliphatic imine (C=N–C) groups is 1. The summed E-state index contributed by atoms with van der Waals surface area (Å²) in [6.07, 6.45) is 3.89.